The molecule has 0 N–H and O–H groups in total. The number of nitrogens with zero attached hydrogens (tertiary/aromatic N) is 1. The number of ketones is 1. The number of Topliss-reactive ketones (excluding diaryl/α,β-unsaturated/α-hetero) is 1. The molecular formula is C13H15NO3S. The van der Waals surface area contributed by atoms with Crippen molar-refractivity contribution in [2.45, 2.75) is 25.5 Å². The van der Waals surface area contributed by atoms with Crippen molar-refractivity contribution in [3.05, 3.63) is 35.4 Å². The predicted octanol–water partition coefficient (Wildman–Crippen LogP) is 1.95. The van der Waals surface area contributed by atoms with Crippen LogP contribution in [0, 0.1) is 11.3 Å². The lowest BCUT2D eigenvalue weighted by atomic mass is 10.1. The van der Waals surface area contributed by atoms with Crippen molar-refractivity contribution in [2.24, 2.45) is 0 Å². The highest BCUT2D eigenvalue weighted by molar-refractivity contribution is 7.92. The SMILES string of the molecule is CCC(C)S(=O)(=O)CC(=O)c1ccc(C#N)cc1. The lowest BCUT2D eigenvalue weighted by molar-refractivity contribution is 0.102. The van der Waals surface area contributed by atoms with Gasteiger partial charge in [-0.3, -0.25) is 4.79 Å². The highest BCUT2D eigenvalue weighted by atomic mass is 32.2. The summed E-state index contributed by atoms with van der Waals surface area (Å²) in [6.07, 6.45) is 0.489. The lowest BCUT2D eigenvalue weighted by Gasteiger charge is -2.09. The Morgan fingerprint density at radius 3 is 2.33 bits per heavy atom. The van der Waals surface area contributed by atoms with Crippen molar-refractivity contribution in [1.29, 1.82) is 5.26 Å². The van der Waals surface area contributed by atoms with Crippen LogP contribution in [-0.2, 0) is 9.84 Å². The summed E-state index contributed by atoms with van der Waals surface area (Å²) in [5, 5.41) is 8.11. The highest BCUT2D eigenvalue weighted by Gasteiger charge is 2.23. The fourth-order valence-electron chi connectivity index (χ4n) is 1.39. The largest absolute Gasteiger partial charge is 0.293 e. The molecule has 0 aliphatic carbocycles. The van der Waals surface area contributed by atoms with Crippen molar-refractivity contribution >= 4 is 15.6 Å². The molecule has 0 aliphatic rings. The van der Waals surface area contributed by atoms with Crippen molar-refractivity contribution < 1.29 is 13.2 Å². The zero-order valence-corrected chi connectivity index (χ0v) is 11.2. The van der Waals surface area contributed by atoms with E-state index in [1.54, 1.807) is 13.8 Å². The first-order valence-corrected chi connectivity index (χ1v) is 7.37. The van der Waals surface area contributed by atoms with Gasteiger partial charge in [-0.25, -0.2) is 8.42 Å². The molecule has 0 bridgehead atoms. The molecule has 0 saturated heterocycles. The van der Waals surface area contributed by atoms with Crippen LogP contribution in [0.4, 0.5) is 0 Å². The third-order valence-electron chi connectivity index (χ3n) is 2.86. The van der Waals surface area contributed by atoms with Crippen LogP contribution in [0.25, 0.3) is 0 Å². The van der Waals surface area contributed by atoms with Crippen LogP contribution in [0.5, 0.6) is 0 Å². The van der Waals surface area contributed by atoms with Gasteiger partial charge in [0.05, 0.1) is 16.9 Å². The van der Waals surface area contributed by atoms with Gasteiger partial charge in [-0.15, -0.1) is 0 Å². The van der Waals surface area contributed by atoms with Gasteiger partial charge in [-0.05, 0) is 25.5 Å². The molecule has 1 atom stereocenters. The minimum absolute atomic E-state index is 0.320. The molecule has 0 fully saturated rings. The van der Waals surface area contributed by atoms with Crippen LogP contribution in [0.2, 0.25) is 0 Å². The van der Waals surface area contributed by atoms with E-state index in [0.29, 0.717) is 17.5 Å². The van der Waals surface area contributed by atoms with Crippen LogP contribution in [0.3, 0.4) is 0 Å². The highest BCUT2D eigenvalue weighted by Crippen LogP contribution is 2.10. The summed E-state index contributed by atoms with van der Waals surface area (Å²) in [5.41, 5.74) is 0.761. The van der Waals surface area contributed by atoms with Crippen LogP contribution >= 0.6 is 0 Å². The second-order valence-electron chi connectivity index (χ2n) is 4.14. The van der Waals surface area contributed by atoms with Gasteiger partial charge in [0.1, 0.15) is 5.75 Å². The maximum atomic E-state index is 11.8. The fourth-order valence-corrected chi connectivity index (χ4v) is 2.72. The van der Waals surface area contributed by atoms with E-state index >= 15 is 0 Å². The first-order chi connectivity index (χ1) is 8.40. The number of benzene rings is 1. The monoisotopic (exact) mass is 265 g/mol. The fraction of sp³-hybridized carbons (Fsp3) is 0.385. The molecule has 5 heteroatoms. The van der Waals surface area contributed by atoms with E-state index in [0.717, 1.165) is 0 Å². The summed E-state index contributed by atoms with van der Waals surface area (Å²) in [6, 6.07) is 7.90. The zero-order valence-electron chi connectivity index (χ0n) is 10.4. The van der Waals surface area contributed by atoms with Crippen molar-refractivity contribution in [3.8, 4) is 6.07 Å². The first kappa shape index (κ1) is 14.4. The van der Waals surface area contributed by atoms with Gasteiger partial charge in [0.2, 0.25) is 0 Å². The lowest BCUT2D eigenvalue weighted by Crippen LogP contribution is -2.25. The van der Waals surface area contributed by atoms with Crippen LogP contribution < -0.4 is 0 Å². The van der Waals surface area contributed by atoms with Crippen LogP contribution in [0.15, 0.2) is 24.3 Å². The summed E-state index contributed by atoms with van der Waals surface area (Å²) in [5.74, 6) is -0.909. The van der Waals surface area contributed by atoms with Gasteiger partial charge < -0.3 is 0 Å². The smallest absolute Gasteiger partial charge is 0.177 e. The number of hydrogen-bond donors (Lipinski definition) is 0. The predicted molar refractivity (Wildman–Crippen MR) is 69.0 cm³/mol. The van der Waals surface area contributed by atoms with E-state index in [9.17, 15) is 13.2 Å². The Labute approximate surface area is 107 Å². The van der Waals surface area contributed by atoms with Crippen molar-refractivity contribution in [3.63, 3.8) is 0 Å². The Kier molecular flexibility index (Phi) is 4.62. The van der Waals surface area contributed by atoms with Gasteiger partial charge in [0, 0.05) is 5.56 Å². The molecular weight excluding hydrogens is 250 g/mol. The molecule has 0 amide bonds. The van der Waals surface area contributed by atoms with E-state index in [1.165, 1.54) is 24.3 Å². The second-order valence-corrected chi connectivity index (χ2v) is 6.56. The maximum absolute atomic E-state index is 11.8. The molecule has 1 aromatic rings. The number of hydrogen-bond acceptors (Lipinski definition) is 4. The van der Waals surface area contributed by atoms with Gasteiger partial charge >= 0.3 is 0 Å². The van der Waals surface area contributed by atoms with E-state index in [2.05, 4.69) is 0 Å². The van der Waals surface area contributed by atoms with Crippen molar-refractivity contribution in [1.82, 2.24) is 0 Å². The number of nitriles is 1. The molecule has 0 spiro atoms. The molecule has 0 radical (unpaired) electrons. The summed E-state index contributed by atoms with van der Waals surface area (Å²) < 4.78 is 23.6. The Balaban J connectivity index is 2.86. The number of rotatable bonds is 5. The molecule has 0 aliphatic heterocycles. The van der Waals surface area contributed by atoms with Gasteiger partial charge in [0.25, 0.3) is 0 Å². The maximum Gasteiger partial charge on any atom is 0.177 e. The topological polar surface area (TPSA) is 75.0 Å². The number of sulfone groups is 1. The third kappa shape index (κ3) is 3.41. The van der Waals surface area contributed by atoms with Gasteiger partial charge in [-0.2, -0.15) is 5.26 Å². The average molecular weight is 265 g/mol. The van der Waals surface area contributed by atoms with E-state index in [1.807, 2.05) is 6.07 Å². The van der Waals surface area contributed by atoms with E-state index in [-0.39, 0.29) is 0 Å². The molecule has 4 nitrogen and oxygen atoms in total. The van der Waals surface area contributed by atoms with Crippen molar-refractivity contribution in [2.75, 3.05) is 5.75 Å². The zero-order chi connectivity index (χ0) is 13.8. The van der Waals surface area contributed by atoms with E-state index < -0.39 is 26.6 Å². The molecule has 0 saturated carbocycles. The Bertz CT molecular complexity index is 567. The summed E-state index contributed by atoms with van der Waals surface area (Å²) in [7, 11) is -3.39. The number of carbonyl (C=O) groups is 1. The second kappa shape index (κ2) is 5.78. The van der Waals surface area contributed by atoms with E-state index in [4.69, 9.17) is 5.26 Å². The molecule has 1 unspecified atom stereocenters. The molecule has 96 valence electrons. The first-order valence-electron chi connectivity index (χ1n) is 5.65. The minimum Gasteiger partial charge on any atom is -0.293 e. The molecule has 1 rings (SSSR count). The summed E-state index contributed by atoms with van der Waals surface area (Å²) in [6.45, 7) is 3.37. The number of carbonyl (C=O) groups excluding carboxylic acids is 1. The Morgan fingerprint density at radius 1 is 1.33 bits per heavy atom. The van der Waals surface area contributed by atoms with Crippen LogP contribution in [-0.4, -0.2) is 25.2 Å². The summed E-state index contributed by atoms with van der Waals surface area (Å²) >= 11 is 0. The quantitative estimate of drug-likeness (QED) is 0.763. The Morgan fingerprint density at radius 2 is 1.89 bits per heavy atom. The van der Waals surface area contributed by atoms with Gasteiger partial charge in [0.15, 0.2) is 15.6 Å². The van der Waals surface area contributed by atoms with Gasteiger partial charge in [-0.1, -0.05) is 19.1 Å². The molecule has 1 aromatic carbocycles. The third-order valence-corrected chi connectivity index (χ3v) is 5.08. The summed E-state index contributed by atoms with van der Waals surface area (Å²) in [4.78, 5) is 11.8. The average Bonchev–Trinajstić information content (AvgIpc) is 2.37. The molecule has 0 heterocycles. The van der Waals surface area contributed by atoms with Crippen LogP contribution in [0.1, 0.15) is 36.2 Å². The normalized spacial score (nSPS) is 12.7. The molecule has 18 heavy (non-hydrogen) atoms. The minimum atomic E-state index is -3.39. The standard InChI is InChI=1S/C13H15NO3S/c1-3-10(2)18(16,17)9-13(15)12-6-4-11(8-14)5-7-12/h4-7,10H,3,9H2,1-2H3. The Hall–Kier alpha value is -1.67. The molecule has 0 aromatic heterocycles.